The molecule has 0 aromatic carbocycles. The second-order valence-electron chi connectivity index (χ2n) is 5.52. The summed E-state index contributed by atoms with van der Waals surface area (Å²) in [5, 5.41) is 46.5. The number of ether oxygens (including phenoxy) is 2. The number of nitro groups is 2. The van der Waals surface area contributed by atoms with Crippen LogP contribution in [0.4, 0.5) is 0 Å². The molecule has 0 N–H and O–H groups in total. The van der Waals surface area contributed by atoms with E-state index in [2.05, 4.69) is 9.47 Å². The zero-order valence-corrected chi connectivity index (χ0v) is 14.7. The van der Waals surface area contributed by atoms with Crippen molar-refractivity contribution in [3.8, 4) is 0 Å². The number of carbonyl (C=O) groups excluding carboxylic acids is 2. The van der Waals surface area contributed by atoms with Gasteiger partial charge < -0.3 is 19.9 Å². The third-order valence-corrected chi connectivity index (χ3v) is 3.31. The quantitative estimate of drug-likeness (QED) is 0.159. The molecule has 0 rings (SSSR count). The Morgan fingerprint density at radius 1 is 0.769 bits per heavy atom. The lowest BCUT2D eigenvalue weighted by molar-refractivity contribution is -1.02. The van der Waals surface area contributed by atoms with Gasteiger partial charge in [0.25, 0.3) is 13.1 Å². The first kappa shape index (κ1) is 22.9. The first-order valence-electron chi connectivity index (χ1n) is 7.39. The first-order valence-corrected chi connectivity index (χ1v) is 7.39. The molecule has 0 fully saturated rings. The number of esters is 2. The van der Waals surface area contributed by atoms with Gasteiger partial charge in [0.2, 0.25) is 0 Å². The Kier molecular flexibility index (Phi) is 7.82. The van der Waals surface area contributed by atoms with E-state index in [1.165, 1.54) is 13.8 Å². The summed E-state index contributed by atoms with van der Waals surface area (Å²) in [5.74, 6) is -2.81. The average Bonchev–Trinajstić information content (AvgIpc) is 2.52. The largest absolute Gasteiger partial charge is 0.566 e. The Balaban J connectivity index is 6.41. The molecular weight excluding hydrogens is 360 g/mol. The third kappa shape index (κ3) is 4.97. The molecule has 0 bridgehead atoms. The van der Waals surface area contributed by atoms with Gasteiger partial charge in [0.05, 0.1) is 22.9 Å². The molecule has 0 amide bonds. The molecule has 0 aliphatic carbocycles. The van der Waals surface area contributed by atoms with Gasteiger partial charge in [-0.05, 0) is 13.8 Å². The highest BCUT2D eigenvalue weighted by atomic mass is 16.7. The van der Waals surface area contributed by atoms with Gasteiger partial charge >= 0.3 is 23.0 Å². The van der Waals surface area contributed by atoms with Crippen LogP contribution in [-0.2, 0) is 19.1 Å². The van der Waals surface area contributed by atoms with Crippen molar-refractivity contribution in [2.75, 3.05) is 26.3 Å². The van der Waals surface area contributed by atoms with Crippen LogP contribution in [0.3, 0.4) is 0 Å². The Morgan fingerprint density at radius 2 is 1.04 bits per heavy atom. The molecule has 0 saturated heterocycles. The summed E-state index contributed by atoms with van der Waals surface area (Å²) in [7, 11) is 0. The maximum Gasteiger partial charge on any atom is 0.394 e. The predicted octanol–water partition coefficient (Wildman–Crippen LogP) is -0.344. The molecule has 0 saturated carbocycles. The predicted molar refractivity (Wildman–Crippen MR) is 81.1 cm³/mol. The SMILES string of the molecule is CCOC(=O)C(C)(C[N+](=O)[O-])/[N+]([O-])=[N+](\[O-])C(C)(C[N+](=O)[O-])C(=O)OCC. The fraction of sp³-hybridized carbons (Fsp3) is 0.833. The Labute approximate surface area is 147 Å². The van der Waals surface area contributed by atoms with Crippen LogP contribution in [0.1, 0.15) is 27.7 Å². The number of azo groups is 1. The normalized spacial score (nSPS) is 16.5. The second kappa shape index (κ2) is 8.87. The van der Waals surface area contributed by atoms with Gasteiger partial charge in [-0.2, -0.15) is 0 Å². The van der Waals surface area contributed by atoms with E-state index >= 15 is 0 Å². The summed E-state index contributed by atoms with van der Waals surface area (Å²) in [6, 6.07) is 0. The molecule has 0 heterocycles. The fourth-order valence-corrected chi connectivity index (χ4v) is 1.88. The highest BCUT2D eigenvalue weighted by Crippen LogP contribution is 2.19. The van der Waals surface area contributed by atoms with Crippen LogP contribution in [0.2, 0.25) is 0 Å². The van der Waals surface area contributed by atoms with Gasteiger partial charge in [0.1, 0.15) is 0 Å². The summed E-state index contributed by atoms with van der Waals surface area (Å²) in [5.41, 5.74) is -5.32. The summed E-state index contributed by atoms with van der Waals surface area (Å²) < 4.78 is 9.16. The van der Waals surface area contributed by atoms with Gasteiger partial charge in [0.15, 0.2) is 0 Å². The van der Waals surface area contributed by atoms with Crippen molar-refractivity contribution in [1.82, 2.24) is 0 Å². The summed E-state index contributed by atoms with van der Waals surface area (Å²) in [6.07, 6.45) is 0. The third-order valence-electron chi connectivity index (χ3n) is 3.31. The lowest BCUT2D eigenvalue weighted by atomic mass is 10.0. The minimum Gasteiger partial charge on any atom is -0.566 e. The maximum absolute atomic E-state index is 12.4. The highest BCUT2D eigenvalue weighted by Gasteiger charge is 2.61. The highest BCUT2D eigenvalue weighted by molar-refractivity contribution is 5.79. The molecule has 14 heteroatoms. The van der Waals surface area contributed by atoms with Crippen LogP contribution in [0, 0.1) is 30.6 Å². The number of rotatable bonds is 10. The van der Waals surface area contributed by atoms with E-state index in [9.17, 15) is 40.2 Å². The minimum absolute atomic E-state index is 0.247. The van der Waals surface area contributed by atoms with Crippen LogP contribution >= 0.6 is 0 Å². The molecule has 0 spiro atoms. The van der Waals surface area contributed by atoms with Crippen LogP contribution in [0.15, 0.2) is 0 Å². The van der Waals surface area contributed by atoms with E-state index in [-0.39, 0.29) is 13.2 Å². The molecule has 0 aliphatic heterocycles. The topological polar surface area (TPSA) is 191 Å². The lowest BCUT2D eigenvalue weighted by Gasteiger charge is -2.23. The van der Waals surface area contributed by atoms with E-state index in [0.717, 1.165) is 13.8 Å². The molecule has 14 nitrogen and oxygen atoms in total. The van der Waals surface area contributed by atoms with Crippen LogP contribution in [0.25, 0.3) is 0 Å². The van der Waals surface area contributed by atoms with Crippen molar-refractivity contribution in [1.29, 1.82) is 0 Å². The monoisotopic (exact) mass is 380 g/mol. The van der Waals surface area contributed by atoms with E-state index in [4.69, 9.17) is 0 Å². The number of hydrogen-bond donors (Lipinski definition) is 0. The zero-order valence-electron chi connectivity index (χ0n) is 14.7. The first-order chi connectivity index (χ1) is 11.9. The van der Waals surface area contributed by atoms with Crippen molar-refractivity contribution in [3.05, 3.63) is 30.6 Å². The van der Waals surface area contributed by atoms with Crippen molar-refractivity contribution in [2.45, 2.75) is 38.8 Å². The molecular formula is C12H20N4O10. The Bertz CT molecular complexity index is 569. The molecule has 0 aromatic heterocycles. The molecule has 0 aliphatic rings. The number of hydrogen-bond acceptors (Lipinski definition) is 10. The molecule has 0 radical (unpaired) electrons. The van der Waals surface area contributed by atoms with Gasteiger partial charge in [-0.15, -0.1) is 0 Å². The van der Waals surface area contributed by atoms with Crippen LogP contribution in [-0.4, -0.2) is 68.9 Å². The van der Waals surface area contributed by atoms with E-state index in [0.29, 0.717) is 0 Å². The molecule has 148 valence electrons. The molecule has 0 aromatic rings. The molecule has 2 unspecified atom stereocenters. The van der Waals surface area contributed by atoms with E-state index < -0.39 is 55.7 Å². The van der Waals surface area contributed by atoms with Gasteiger partial charge in [-0.25, -0.2) is 9.59 Å². The second-order valence-corrected chi connectivity index (χ2v) is 5.52. The van der Waals surface area contributed by atoms with E-state index in [1.54, 1.807) is 0 Å². The number of nitrogens with zero attached hydrogens (tertiary/aromatic N) is 4. The standard InChI is InChI=1S/C12H20N4O10/c1-5-25-9(17)11(3,7-13(19)20)15(23)16(24)12(4,8-14(21)22)10(18)26-6-2/h5-8H2,1-4H3/b16-15+. The maximum atomic E-state index is 12.4. The summed E-state index contributed by atoms with van der Waals surface area (Å²) in [4.78, 5) is 42.2. The summed E-state index contributed by atoms with van der Waals surface area (Å²) in [6.45, 7) is 1.06. The van der Waals surface area contributed by atoms with Crippen molar-refractivity contribution >= 4 is 11.9 Å². The molecule has 26 heavy (non-hydrogen) atoms. The van der Waals surface area contributed by atoms with Gasteiger partial charge in [-0.1, -0.05) is 0 Å². The fourth-order valence-electron chi connectivity index (χ4n) is 1.88. The van der Waals surface area contributed by atoms with E-state index in [1.807, 2.05) is 0 Å². The lowest BCUT2D eigenvalue weighted by Crippen LogP contribution is -2.60. The van der Waals surface area contributed by atoms with Crippen molar-refractivity contribution in [3.63, 3.8) is 0 Å². The Hall–Kier alpha value is -3.06. The van der Waals surface area contributed by atoms with Crippen molar-refractivity contribution < 1.29 is 38.6 Å². The minimum atomic E-state index is -2.66. The van der Waals surface area contributed by atoms with Crippen LogP contribution in [0.5, 0.6) is 0 Å². The molecule has 2 atom stereocenters. The number of carbonyl (C=O) groups is 2. The Morgan fingerprint density at radius 3 is 1.23 bits per heavy atom. The van der Waals surface area contributed by atoms with Gasteiger partial charge in [-0.3, -0.25) is 20.2 Å². The van der Waals surface area contributed by atoms with Crippen molar-refractivity contribution in [2.24, 2.45) is 0 Å². The van der Waals surface area contributed by atoms with Crippen LogP contribution < -0.4 is 0 Å². The van der Waals surface area contributed by atoms with Gasteiger partial charge in [0, 0.05) is 23.7 Å². The zero-order chi connectivity index (χ0) is 20.7. The summed E-state index contributed by atoms with van der Waals surface area (Å²) >= 11 is 0. The average molecular weight is 380 g/mol. The smallest absolute Gasteiger partial charge is 0.394 e. The number of hydroxylamine groups is 2.